The van der Waals surface area contributed by atoms with Gasteiger partial charge in [0.15, 0.2) is 5.78 Å². The molecule has 0 unspecified atom stereocenters. The van der Waals surface area contributed by atoms with Gasteiger partial charge in [-0.2, -0.15) is 0 Å². The molecule has 0 aromatic heterocycles. The van der Waals surface area contributed by atoms with Crippen LogP contribution in [0.15, 0.2) is 24.3 Å². The van der Waals surface area contributed by atoms with E-state index in [9.17, 15) is 14.4 Å². The summed E-state index contributed by atoms with van der Waals surface area (Å²) in [6.45, 7) is 8.03. The van der Waals surface area contributed by atoms with Gasteiger partial charge in [-0.3, -0.25) is 14.4 Å². The topological polar surface area (TPSA) is 91.0 Å². The Morgan fingerprint density at radius 1 is 1.15 bits per heavy atom. The Hall–Kier alpha value is -2.45. The molecule has 1 aromatic carbocycles. The van der Waals surface area contributed by atoms with Gasteiger partial charge in [-0.15, -0.1) is 0 Å². The summed E-state index contributed by atoms with van der Waals surface area (Å²) in [5, 5.41) is 5.89. The Labute approximate surface area is 196 Å². The quantitative estimate of drug-likeness (QED) is 0.648. The highest BCUT2D eigenvalue weighted by Crippen LogP contribution is 2.38. The second-order valence-corrected chi connectivity index (χ2v) is 10.1. The van der Waals surface area contributed by atoms with Crippen molar-refractivity contribution in [1.29, 1.82) is 0 Å². The van der Waals surface area contributed by atoms with Gasteiger partial charge in [-0.05, 0) is 62.9 Å². The van der Waals surface area contributed by atoms with Crippen LogP contribution in [0.5, 0.6) is 0 Å². The first-order chi connectivity index (χ1) is 15.8. The molecule has 0 radical (unpaired) electrons. The molecular weight excluding hydrogens is 420 g/mol. The van der Waals surface area contributed by atoms with E-state index in [2.05, 4.69) is 27.5 Å². The highest BCUT2D eigenvalue weighted by molar-refractivity contribution is 6.00. The Morgan fingerprint density at radius 3 is 2.52 bits per heavy atom. The molecule has 2 aliphatic heterocycles. The van der Waals surface area contributed by atoms with Crippen molar-refractivity contribution in [2.24, 2.45) is 5.92 Å². The molecule has 2 heterocycles. The number of anilines is 1. The summed E-state index contributed by atoms with van der Waals surface area (Å²) in [4.78, 5) is 43.4. The number of hydrogen-bond donors (Lipinski definition) is 2. The number of nitrogens with zero attached hydrogens (tertiary/aromatic N) is 2. The molecule has 180 valence electrons. The van der Waals surface area contributed by atoms with Gasteiger partial charge in [0.05, 0.1) is 6.10 Å². The molecule has 1 aromatic rings. The van der Waals surface area contributed by atoms with E-state index in [1.165, 1.54) is 0 Å². The minimum atomic E-state index is -0.929. The molecule has 2 amide bonds. The lowest BCUT2D eigenvalue weighted by atomic mass is 9.91. The maximum Gasteiger partial charge on any atom is 0.251 e. The number of rotatable bonds is 7. The van der Waals surface area contributed by atoms with E-state index in [1.807, 2.05) is 38.1 Å². The number of amides is 2. The normalized spacial score (nSPS) is 26.4. The minimum absolute atomic E-state index is 0.0474. The fourth-order valence-corrected chi connectivity index (χ4v) is 5.18. The number of carbonyl (C=O) groups excluding carboxylic acids is 3. The SMILES string of the molecule is CC(C)C[C@H](NC(=O)c1ccc(N2CCN(C)CC2)cc1)C(=O)N[C@]12CCC[C@H]1OCC2=O. The molecule has 33 heavy (non-hydrogen) atoms. The number of hydrogen-bond acceptors (Lipinski definition) is 6. The smallest absolute Gasteiger partial charge is 0.251 e. The van der Waals surface area contributed by atoms with Gasteiger partial charge in [0.25, 0.3) is 5.91 Å². The van der Waals surface area contributed by atoms with Crippen LogP contribution in [0.1, 0.15) is 49.9 Å². The predicted octanol–water partition coefficient (Wildman–Crippen LogP) is 1.59. The van der Waals surface area contributed by atoms with E-state index in [0.717, 1.165) is 44.7 Å². The van der Waals surface area contributed by atoms with Gasteiger partial charge in [-0.25, -0.2) is 0 Å². The fourth-order valence-electron chi connectivity index (χ4n) is 5.18. The maximum absolute atomic E-state index is 13.2. The highest BCUT2D eigenvalue weighted by atomic mass is 16.5. The lowest BCUT2D eigenvalue weighted by Gasteiger charge is -2.34. The molecule has 4 rings (SSSR count). The summed E-state index contributed by atoms with van der Waals surface area (Å²) in [5.74, 6) is -0.451. The van der Waals surface area contributed by atoms with Crippen molar-refractivity contribution in [3.63, 3.8) is 0 Å². The van der Waals surface area contributed by atoms with E-state index in [4.69, 9.17) is 4.74 Å². The summed E-state index contributed by atoms with van der Waals surface area (Å²) in [6, 6.07) is 6.85. The van der Waals surface area contributed by atoms with Crippen LogP contribution >= 0.6 is 0 Å². The summed E-state index contributed by atoms with van der Waals surface area (Å²) >= 11 is 0. The van der Waals surface area contributed by atoms with Crippen molar-refractivity contribution < 1.29 is 19.1 Å². The number of piperazine rings is 1. The van der Waals surface area contributed by atoms with Gasteiger partial charge in [0, 0.05) is 37.4 Å². The number of Topliss-reactive ketones (excluding diaryl/α,β-unsaturated/α-hetero) is 1. The van der Waals surface area contributed by atoms with Crippen molar-refractivity contribution in [3.8, 4) is 0 Å². The van der Waals surface area contributed by atoms with E-state index in [1.54, 1.807) is 0 Å². The monoisotopic (exact) mass is 456 g/mol. The first-order valence-electron chi connectivity index (χ1n) is 12.1. The number of likely N-dealkylation sites (N-methyl/N-ethyl adjacent to an activating group) is 1. The lowest BCUT2D eigenvalue weighted by Crippen LogP contribution is -2.60. The van der Waals surface area contributed by atoms with Crippen molar-refractivity contribution in [3.05, 3.63) is 29.8 Å². The summed E-state index contributed by atoms with van der Waals surface area (Å²) in [5.41, 5.74) is 0.690. The maximum atomic E-state index is 13.2. The molecule has 1 aliphatic carbocycles. The van der Waals surface area contributed by atoms with Crippen LogP contribution in [0.25, 0.3) is 0 Å². The molecular formula is C25H36N4O4. The zero-order valence-electron chi connectivity index (χ0n) is 19.9. The molecule has 3 aliphatic rings. The summed E-state index contributed by atoms with van der Waals surface area (Å²) in [6.07, 6.45) is 2.45. The van der Waals surface area contributed by atoms with E-state index in [-0.39, 0.29) is 36.2 Å². The number of ketones is 1. The number of fused-ring (bicyclic) bond motifs is 1. The standard InChI is InChI=1S/C25H36N4O4/c1-17(2)15-20(24(32)27-25-10-4-5-22(25)33-16-21(25)30)26-23(31)18-6-8-19(9-7-18)29-13-11-28(3)12-14-29/h6-9,17,20,22H,4-5,10-16H2,1-3H3,(H,26,31)(H,27,32)/t20-,22+,25-/m0/s1. The van der Waals surface area contributed by atoms with Crippen LogP contribution in [0, 0.1) is 5.92 Å². The van der Waals surface area contributed by atoms with E-state index < -0.39 is 11.6 Å². The van der Waals surface area contributed by atoms with E-state index >= 15 is 0 Å². The van der Waals surface area contributed by atoms with Gasteiger partial charge < -0.3 is 25.2 Å². The highest BCUT2D eigenvalue weighted by Gasteiger charge is 2.55. The Balaban J connectivity index is 1.42. The Bertz CT molecular complexity index is 879. The van der Waals surface area contributed by atoms with Crippen LogP contribution in [-0.4, -0.2) is 80.0 Å². The molecule has 3 atom stereocenters. The van der Waals surface area contributed by atoms with Crippen molar-refractivity contribution in [1.82, 2.24) is 15.5 Å². The molecule has 0 bridgehead atoms. The van der Waals surface area contributed by atoms with E-state index in [0.29, 0.717) is 18.4 Å². The largest absolute Gasteiger partial charge is 0.369 e. The molecule has 8 nitrogen and oxygen atoms in total. The third-order valence-electron chi connectivity index (χ3n) is 7.17. The van der Waals surface area contributed by atoms with Crippen LogP contribution in [0.3, 0.4) is 0 Å². The van der Waals surface area contributed by atoms with Crippen molar-refractivity contribution in [2.45, 2.75) is 57.2 Å². The third kappa shape index (κ3) is 5.06. The number of carbonyl (C=O) groups is 3. The van der Waals surface area contributed by atoms with Crippen LogP contribution in [0.4, 0.5) is 5.69 Å². The Kier molecular flexibility index (Phi) is 7.05. The van der Waals surface area contributed by atoms with Crippen molar-refractivity contribution >= 4 is 23.3 Å². The fraction of sp³-hybridized carbons (Fsp3) is 0.640. The zero-order valence-corrected chi connectivity index (χ0v) is 19.9. The number of ether oxygens (including phenoxy) is 1. The summed E-state index contributed by atoms with van der Waals surface area (Å²) < 4.78 is 5.61. The number of nitrogens with one attached hydrogen (secondary N) is 2. The van der Waals surface area contributed by atoms with Gasteiger partial charge >= 0.3 is 0 Å². The second kappa shape index (κ2) is 9.81. The number of benzene rings is 1. The average molecular weight is 457 g/mol. The Morgan fingerprint density at radius 2 is 1.85 bits per heavy atom. The molecule has 3 fully saturated rings. The average Bonchev–Trinajstić information content (AvgIpc) is 3.33. The molecule has 2 N–H and O–H groups in total. The first-order valence-corrected chi connectivity index (χ1v) is 12.1. The van der Waals surface area contributed by atoms with Gasteiger partial charge in [0.1, 0.15) is 18.2 Å². The van der Waals surface area contributed by atoms with Gasteiger partial charge in [0.2, 0.25) is 5.91 Å². The first kappa shape index (κ1) is 23.7. The van der Waals surface area contributed by atoms with Crippen LogP contribution in [0.2, 0.25) is 0 Å². The summed E-state index contributed by atoms with van der Waals surface area (Å²) in [7, 11) is 2.12. The second-order valence-electron chi connectivity index (χ2n) is 10.1. The predicted molar refractivity (Wildman–Crippen MR) is 126 cm³/mol. The zero-order chi connectivity index (χ0) is 23.6. The molecule has 8 heteroatoms. The van der Waals surface area contributed by atoms with Crippen LogP contribution in [-0.2, 0) is 14.3 Å². The van der Waals surface area contributed by atoms with Crippen molar-refractivity contribution in [2.75, 3.05) is 44.7 Å². The molecule has 2 saturated heterocycles. The lowest BCUT2D eigenvalue weighted by molar-refractivity contribution is -0.131. The minimum Gasteiger partial charge on any atom is -0.369 e. The van der Waals surface area contributed by atoms with Crippen LogP contribution < -0.4 is 15.5 Å². The molecule has 0 spiro atoms. The van der Waals surface area contributed by atoms with Gasteiger partial charge in [-0.1, -0.05) is 13.8 Å². The molecule has 1 saturated carbocycles. The third-order valence-corrected chi connectivity index (χ3v) is 7.17.